The van der Waals surface area contributed by atoms with Gasteiger partial charge < -0.3 is 14.5 Å². The fourth-order valence-electron chi connectivity index (χ4n) is 5.05. The number of hydrogen-bond donors (Lipinski definition) is 2. The molecule has 1 aliphatic rings. The number of nitrogens with zero attached hydrogens (tertiary/aromatic N) is 1. The minimum Gasteiger partial charge on any atom is -0.446 e. The molecule has 1 fully saturated rings. The monoisotopic (exact) mass is 556 g/mol. The number of carbonyl (C=O) groups is 3. The predicted molar refractivity (Wildman–Crippen MR) is 161 cm³/mol. The van der Waals surface area contributed by atoms with Crippen LogP contribution in [0.15, 0.2) is 72.8 Å². The van der Waals surface area contributed by atoms with Crippen molar-refractivity contribution >= 4 is 51.1 Å². The van der Waals surface area contributed by atoms with Crippen LogP contribution in [0.2, 0.25) is 0 Å². The van der Waals surface area contributed by atoms with Crippen LogP contribution >= 0.6 is 11.3 Å². The predicted octanol–water partition coefficient (Wildman–Crippen LogP) is 6.74. The molecular formula is C32H34N3O4S+. The van der Waals surface area contributed by atoms with Gasteiger partial charge in [0.25, 0.3) is 0 Å². The van der Waals surface area contributed by atoms with Gasteiger partial charge in [-0.05, 0) is 59.3 Å². The SMILES string of the molecule is C[N+]1(C)CCC(OC(=O)Nc2ccc(CCC(=O)Nc3ccc4sc(C=O)cc4c3)cc2-c2ccccc2)CC1. The number of aryl methyl sites for hydroxylation is 1. The Morgan fingerprint density at radius 2 is 1.75 bits per heavy atom. The van der Waals surface area contributed by atoms with E-state index in [1.165, 1.54) is 11.3 Å². The zero-order valence-corrected chi connectivity index (χ0v) is 23.6. The number of nitrogens with one attached hydrogen (secondary N) is 2. The van der Waals surface area contributed by atoms with E-state index in [9.17, 15) is 14.4 Å². The quantitative estimate of drug-likeness (QED) is 0.186. The third-order valence-electron chi connectivity index (χ3n) is 7.37. The zero-order valence-electron chi connectivity index (χ0n) is 22.8. The van der Waals surface area contributed by atoms with Gasteiger partial charge in [0.1, 0.15) is 6.10 Å². The smallest absolute Gasteiger partial charge is 0.411 e. The van der Waals surface area contributed by atoms with Crippen molar-refractivity contribution in [2.24, 2.45) is 0 Å². The van der Waals surface area contributed by atoms with Crippen molar-refractivity contribution < 1.29 is 23.6 Å². The number of fused-ring (bicyclic) bond motifs is 1. The minimum atomic E-state index is -0.440. The van der Waals surface area contributed by atoms with Crippen molar-refractivity contribution in [2.75, 3.05) is 37.8 Å². The van der Waals surface area contributed by atoms with Gasteiger partial charge >= 0.3 is 6.09 Å². The summed E-state index contributed by atoms with van der Waals surface area (Å²) in [6, 6.07) is 23.2. The Labute approximate surface area is 238 Å². The maximum atomic E-state index is 12.8. The van der Waals surface area contributed by atoms with E-state index in [0.29, 0.717) is 29.1 Å². The summed E-state index contributed by atoms with van der Waals surface area (Å²) in [5.41, 5.74) is 4.22. The number of likely N-dealkylation sites (tertiary alicyclic amines) is 1. The summed E-state index contributed by atoms with van der Waals surface area (Å²) < 4.78 is 7.71. The van der Waals surface area contributed by atoms with Crippen LogP contribution < -0.4 is 10.6 Å². The van der Waals surface area contributed by atoms with Gasteiger partial charge in [0.15, 0.2) is 6.29 Å². The fraction of sp³-hybridized carbons (Fsp3) is 0.281. The Morgan fingerprint density at radius 1 is 0.975 bits per heavy atom. The summed E-state index contributed by atoms with van der Waals surface area (Å²) >= 11 is 1.43. The standard InChI is InChI=1S/C32H33N3O4S/c1-35(2)16-14-26(15-17-35)39-32(38)34-29-11-8-22(18-28(29)23-6-4-3-5-7-23)9-13-31(37)33-25-10-12-30-24(19-25)20-27(21-36)40-30/h3-8,10-12,18-21,26H,9,13-17H2,1-2H3,(H-,33,34,37,38)/p+1. The first-order valence-electron chi connectivity index (χ1n) is 13.5. The first-order valence-corrected chi connectivity index (χ1v) is 14.4. The second-order valence-corrected chi connectivity index (χ2v) is 12.0. The second-order valence-electron chi connectivity index (χ2n) is 10.9. The van der Waals surface area contributed by atoms with Gasteiger partial charge in [0.05, 0.1) is 37.7 Å². The van der Waals surface area contributed by atoms with E-state index < -0.39 is 6.09 Å². The summed E-state index contributed by atoms with van der Waals surface area (Å²) in [5.74, 6) is -0.0912. The molecule has 8 heteroatoms. The van der Waals surface area contributed by atoms with E-state index in [0.717, 1.165) is 63.5 Å². The number of hydrogen-bond acceptors (Lipinski definition) is 5. The lowest BCUT2D eigenvalue weighted by Gasteiger charge is -2.36. The molecular weight excluding hydrogens is 522 g/mol. The van der Waals surface area contributed by atoms with Crippen LogP contribution in [-0.4, -0.2) is 56.1 Å². The summed E-state index contributed by atoms with van der Waals surface area (Å²) in [7, 11) is 4.39. The maximum absolute atomic E-state index is 12.8. The lowest BCUT2D eigenvalue weighted by molar-refractivity contribution is -0.896. The molecule has 206 valence electrons. The Kier molecular flexibility index (Phi) is 8.28. The normalized spacial score (nSPS) is 14.9. The summed E-state index contributed by atoms with van der Waals surface area (Å²) in [6.45, 7) is 1.97. The largest absolute Gasteiger partial charge is 0.446 e. The van der Waals surface area contributed by atoms with E-state index in [4.69, 9.17) is 4.74 Å². The molecule has 0 bridgehead atoms. The number of benzene rings is 3. The Balaban J connectivity index is 1.24. The van der Waals surface area contributed by atoms with Crippen LogP contribution in [0.4, 0.5) is 16.2 Å². The number of thiophene rings is 1. The number of amides is 2. The van der Waals surface area contributed by atoms with Gasteiger partial charge in [-0.2, -0.15) is 0 Å². The Morgan fingerprint density at radius 3 is 2.50 bits per heavy atom. The van der Waals surface area contributed by atoms with E-state index in [1.54, 1.807) is 0 Å². The Hall–Kier alpha value is -4.01. The van der Waals surface area contributed by atoms with Crippen LogP contribution in [0.5, 0.6) is 0 Å². The van der Waals surface area contributed by atoms with Crippen molar-refractivity contribution in [1.29, 1.82) is 0 Å². The van der Waals surface area contributed by atoms with Gasteiger partial charge in [-0.15, -0.1) is 11.3 Å². The molecule has 0 radical (unpaired) electrons. The van der Waals surface area contributed by atoms with Gasteiger partial charge in [0.2, 0.25) is 5.91 Å². The number of carbonyl (C=O) groups excluding carboxylic acids is 3. The topological polar surface area (TPSA) is 84.5 Å². The highest BCUT2D eigenvalue weighted by atomic mass is 32.1. The fourth-order valence-corrected chi connectivity index (χ4v) is 5.91. The number of ether oxygens (including phenoxy) is 1. The summed E-state index contributed by atoms with van der Waals surface area (Å²) in [5, 5.41) is 6.85. The average Bonchev–Trinajstić information content (AvgIpc) is 3.37. The molecule has 1 aliphatic heterocycles. The minimum absolute atomic E-state index is 0.0726. The first kappa shape index (κ1) is 27.6. The number of rotatable bonds is 8. The molecule has 7 nitrogen and oxygen atoms in total. The molecule has 0 saturated carbocycles. The van der Waals surface area contributed by atoms with Gasteiger partial charge in [0, 0.05) is 35.2 Å². The highest BCUT2D eigenvalue weighted by Gasteiger charge is 2.28. The van der Waals surface area contributed by atoms with Crippen molar-refractivity contribution in [2.45, 2.75) is 31.8 Å². The average molecular weight is 557 g/mol. The van der Waals surface area contributed by atoms with E-state index in [2.05, 4.69) is 24.7 Å². The van der Waals surface area contributed by atoms with Crippen molar-refractivity contribution in [3.63, 3.8) is 0 Å². The molecule has 2 amide bonds. The molecule has 1 aromatic heterocycles. The summed E-state index contributed by atoms with van der Waals surface area (Å²) in [4.78, 5) is 37.3. The van der Waals surface area contributed by atoms with E-state index >= 15 is 0 Å². The third-order valence-corrected chi connectivity index (χ3v) is 8.41. The maximum Gasteiger partial charge on any atom is 0.411 e. The molecule has 4 aromatic rings. The van der Waals surface area contributed by atoms with Crippen LogP contribution in [0.25, 0.3) is 21.2 Å². The second kappa shape index (κ2) is 12.0. The van der Waals surface area contributed by atoms with Crippen molar-refractivity contribution in [3.05, 3.63) is 83.2 Å². The van der Waals surface area contributed by atoms with Crippen LogP contribution in [0, 0.1) is 0 Å². The lowest BCUT2D eigenvalue weighted by atomic mass is 9.99. The molecule has 5 rings (SSSR count). The van der Waals surface area contributed by atoms with Gasteiger partial charge in [-0.25, -0.2) is 4.79 Å². The molecule has 0 spiro atoms. The third kappa shape index (κ3) is 6.94. The summed E-state index contributed by atoms with van der Waals surface area (Å²) in [6.07, 6.45) is 2.89. The van der Waals surface area contributed by atoms with E-state index in [1.807, 2.05) is 72.8 Å². The van der Waals surface area contributed by atoms with Crippen LogP contribution in [-0.2, 0) is 16.0 Å². The Bertz CT molecular complexity index is 1520. The molecule has 2 heterocycles. The first-order chi connectivity index (χ1) is 19.3. The highest BCUT2D eigenvalue weighted by Crippen LogP contribution is 2.31. The van der Waals surface area contributed by atoms with E-state index in [-0.39, 0.29) is 12.0 Å². The molecule has 3 aromatic carbocycles. The number of piperidine rings is 1. The molecule has 40 heavy (non-hydrogen) atoms. The molecule has 0 atom stereocenters. The van der Waals surface area contributed by atoms with Crippen molar-refractivity contribution in [1.82, 2.24) is 0 Å². The molecule has 0 aliphatic carbocycles. The molecule has 2 N–H and O–H groups in total. The lowest BCUT2D eigenvalue weighted by Crippen LogP contribution is -2.48. The molecule has 0 unspecified atom stereocenters. The number of quaternary nitrogens is 1. The number of anilines is 2. The van der Waals surface area contributed by atoms with Crippen molar-refractivity contribution in [3.8, 4) is 11.1 Å². The van der Waals surface area contributed by atoms with Gasteiger partial charge in [-0.1, -0.05) is 36.4 Å². The highest BCUT2D eigenvalue weighted by molar-refractivity contribution is 7.20. The zero-order chi connectivity index (χ0) is 28.1. The number of aldehydes is 1. The van der Waals surface area contributed by atoms with Crippen LogP contribution in [0.3, 0.4) is 0 Å². The van der Waals surface area contributed by atoms with Gasteiger partial charge in [-0.3, -0.25) is 14.9 Å². The molecule has 1 saturated heterocycles. The van der Waals surface area contributed by atoms with Crippen LogP contribution in [0.1, 0.15) is 34.5 Å².